The van der Waals surface area contributed by atoms with Crippen LogP contribution >= 0.6 is 11.3 Å². The molecular formula is C18H16FN3O2S. The summed E-state index contributed by atoms with van der Waals surface area (Å²) in [5.74, 6) is 0.186. The molecule has 1 aromatic heterocycles. The molecule has 7 heteroatoms. The molecule has 0 aliphatic heterocycles. The van der Waals surface area contributed by atoms with Gasteiger partial charge in [0.1, 0.15) is 16.4 Å². The molecule has 0 aliphatic carbocycles. The van der Waals surface area contributed by atoms with Crippen LogP contribution in [0.2, 0.25) is 0 Å². The second kappa shape index (κ2) is 7.31. The Hall–Kier alpha value is -2.93. The molecule has 3 aromatic rings. The van der Waals surface area contributed by atoms with Crippen molar-refractivity contribution in [2.24, 2.45) is 0 Å². The molecule has 0 unspecified atom stereocenters. The lowest BCUT2D eigenvalue weighted by atomic mass is 10.3. The van der Waals surface area contributed by atoms with Crippen molar-refractivity contribution in [3.63, 3.8) is 0 Å². The second-order valence-corrected chi connectivity index (χ2v) is 6.25. The minimum atomic E-state index is -0.305. The molecule has 3 rings (SSSR count). The summed E-state index contributed by atoms with van der Waals surface area (Å²) < 4.78 is 18.0. The molecule has 2 N–H and O–H groups in total. The number of benzene rings is 2. The Morgan fingerprint density at radius 2 is 1.72 bits per heavy atom. The molecular weight excluding hydrogens is 341 g/mol. The standard InChI is InChI=1S/C18H16FN3O2S/c1-11-16(17(23)21-13-7-9-15(24-2)10-8-13)25-18(20-11)22-14-5-3-12(19)4-6-14/h3-10H,1-2H3,(H,20,22)(H,21,23). The average molecular weight is 357 g/mol. The smallest absolute Gasteiger partial charge is 0.267 e. The molecule has 0 spiro atoms. The third-order valence-electron chi connectivity index (χ3n) is 3.45. The zero-order valence-electron chi connectivity index (χ0n) is 13.7. The SMILES string of the molecule is COc1ccc(NC(=O)c2sc(Nc3ccc(F)cc3)nc2C)cc1. The number of thiazole rings is 1. The summed E-state index contributed by atoms with van der Waals surface area (Å²) in [6, 6.07) is 13.0. The molecule has 0 fully saturated rings. The van der Waals surface area contributed by atoms with Crippen molar-refractivity contribution in [1.29, 1.82) is 0 Å². The zero-order chi connectivity index (χ0) is 17.8. The van der Waals surface area contributed by atoms with Crippen molar-refractivity contribution in [1.82, 2.24) is 4.98 Å². The van der Waals surface area contributed by atoms with Crippen molar-refractivity contribution in [2.45, 2.75) is 6.92 Å². The van der Waals surface area contributed by atoms with Gasteiger partial charge in [0, 0.05) is 11.4 Å². The van der Waals surface area contributed by atoms with E-state index >= 15 is 0 Å². The quantitative estimate of drug-likeness (QED) is 0.701. The summed E-state index contributed by atoms with van der Waals surface area (Å²) in [5, 5.41) is 6.48. The Balaban J connectivity index is 1.72. The van der Waals surface area contributed by atoms with Crippen LogP contribution in [0.25, 0.3) is 0 Å². The van der Waals surface area contributed by atoms with E-state index in [0.29, 0.717) is 27.1 Å². The maximum Gasteiger partial charge on any atom is 0.267 e. The highest BCUT2D eigenvalue weighted by Gasteiger charge is 2.15. The van der Waals surface area contributed by atoms with E-state index in [2.05, 4.69) is 15.6 Å². The lowest BCUT2D eigenvalue weighted by molar-refractivity contribution is 0.103. The fourth-order valence-electron chi connectivity index (χ4n) is 2.18. The average Bonchev–Trinajstić information content (AvgIpc) is 2.98. The van der Waals surface area contributed by atoms with Gasteiger partial charge >= 0.3 is 0 Å². The molecule has 25 heavy (non-hydrogen) atoms. The number of hydrogen-bond acceptors (Lipinski definition) is 5. The van der Waals surface area contributed by atoms with Crippen LogP contribution in [0.1, 0.15) is 15.4 Å². The van der Waals surface area contributed by atoms with Crippen LogP contribution < -0.4 is 15.4 Å². The first kappa shape index (κ1) is 16.9. The van der Waals surface area contributed by atoms with E-state index in [1.165, 1.54) is 23.5 Å². The molecule has 1 heterocycles. The van der Waals surface area contributed by atoms with E-state index in [0.717, 1.165) is 5.75 Å². The van der Waals surface area contributed by atoms with Crippen molar-refractivity contribution in [3.05, 3.63) is 64.9 Å². The van der Waals surface area contributed by atoms with Gasteiger partial charge in [0.15, 0.2) is 5.13 Å². The number of hydrogen-bond donors (Lipinski definition) is 2. The number of carbonyl (C=O) groups excluding carboxylic acids is 1. The van der Waals surface area contributed by atoms with Crippen LogP contribution in [0.5, 0.6) is 5.75 Å². The van der Waals surface area contributed by atoms with Crippen LogP contribution in [-0.4, -0.2) is 18.0 Å². The van der Waals surface area contributed by atoms with Gasteiger partial charge in [-0.2, -0.15) is 0 Å². The van der Waals surface area contributed by atoms with Gasteiger partial charge in [0.2, 0.25) is 0 Å². The van der Waals surface area contributed by atoms with E-state index in [9.17, 15) is 9.18 Å². The van der Waals surface area contributed by atoms with E-state index in [1.807, 2.05) is 0 Å². The van der Waals surface area contributed by atoms with Crippen LogP contribution in [0.3, 0.4) is 0 Å². The summed E-state index contributed by atoms with van der Waals surface area (Å²) in [5.41, 5.74) is 2.00. The normalized spacial score (nSPS) is 10.4. The molecule has 0 radical (unpaired) electrons. The van der Waals surface area contributed by atoms with E-state index < -0.39 is 0 Å². The van der Waals surface area contributed by atoms with Gasteiger partial charge in [0.05, 0.1) is 12.8 Å². The van der Waals surface area contributed by atoms with Gasteiger partial charge in [-0.1, -0.05) is 11.3 Å². The van der Waals surface area contributed by atoms with Gasteiger partial charge in [-0.05, 0) is 55.5 Å². The number of halogens is 1. The number of rotatable bonds is 5. The first-order valence-electron chi connectivity index (χ1n) is 7.50. The van der Waals surface area contributed by atoms with Crippen LogP contribution in [-0.2, 0) is 0 Å². The number of anilines is 3. The summed E-state index contributed by atoms with van der Waals surface area (Å²) in [4.78, 5) is 17.3. The first-order valence-corrected chi connectivity index (χ1v) is 8.32. The van der Waals surface area contributed by atoms with E-state index in [-0.39, 0.29) is 11.7 Å². The molecule has 0 atom stereocenters. The Morgan fingerprint density at radius 1 is 1.08 bits per heavy atom. The number of carbonyl (C=O) groups is 1. The maximum atomic E-state index is 13.0. The highest BCUT2D eigenvalue weighted by Crippen LogP contribution is 2.27. The molecule has 2 aromatic carbocycles. The Morgan fingerprint density at radius 3 is 2.36 bits per heavy atom. The fraction of sp³-hybridized carbons (Fsp3) is 0.111. The number of ether oxygens (including phenoxy) is 1. The van der Waals surface area contributed by atoms with Gasteiger partial charge in [-0.15, -0.1) is 0 Å². The summed E-state index contributed by atoms with van der Waals surface area (Å²) in [6.07, 6.45) is 0. The lowest BCUT2D eigenvalue weighted by Gasteiger charge is -2.05. The first-order chi connectivity index (χ1) is 12.0. The Kier molecular flexibility index (Phi) is 4.95. The molecule has 0 bridgehead atoms. The molecule has 128 valence electrons. The van der Waals surface area contributed by atoms with Gasteiger partial charge in [0.25, 0.3) is 5.91 Å². The van der Waals surface area contributed by atoms with Crippen molar-refractivity contribution < 1.29 is 13.9 Å². The molecule has 0 saturated heterocycles. The van der Waals surface area contributed by atoms with Gasteiger partial charge < -0.3 is 15.4 Å². The monoisotopic (exact) mass is 357 g/mol. The highest BCUT2D eigenvalue weighted by molar-refractivity contribution is 7.17. The van der Waals surface area contributed by atoms with Crippen molar-refractivity contribution >= 4 is 33.8 Å². The van der Waals surface area contributed by atoms with Gasteiger partial charge in [-0.25, -0.2) is 9.37 Å². The number of nitrogens with one attached hydrogen (secondary N) is 2. The summed E-state index contributed by atoms with van der Waals surface area (Å²) >= 11 is 1.24. The number of aryl methyl sites for hydroxylation is 1. The van der Waals surface area contributed by atoms with Crippen LogP contribution in [0, 0.1) is 12.7 Å². The third kappa shape index (κ3) is 4.13. The number of methoxy groups -OCH3 is 1. The minimum absolute atomic E-state index is 0.229. The molecule has 0 aliphatic rings. The predicted molar refractivity (Wildman–Crippen MR) is 97.5 cm³/mol. The number of aromatic nitrogens is 1. The molecule has 0 saturated carbocycles. The van der Waals surface area contributed by atoms with Crippen LogP contribution in [0.4, 0.5) is 20.9 Å². The predicted octanol–water partition coefficient (Wildman–Crippen LogP) is 4.60. The maximum absolute atomic E-state index is 13.0. The largest absolute Gasteiger partial charge is 0.497 e. The van der Waals surface area contributed by atoms with Gasteiger partial charge in [-0.3, -0.25) is 4.79 Å². The second-order valence-electron chi connectivity index (χ2n) is 5.25. The number of nitrogens with zero attached hydrogens (tertiary/aromatic N) is 1. The molecule has 1 amide bonds. The third-order valence-corrected chi connectivity index (χ3v) is 4.52. The fourth-order valence-corrected chi connectivity index (χ4v) is 3.06. The van der Waals surface area contributed by atoms with E-state index in [1.54, 1.807) is 50.4 Å². The lowest BCUT2D eigenvalue weighted by Crippen LogP contribution is -2.11. The number of amides is 1. The van der Waals surface area contributed by atoms with Crippen LogP contribution in [0.15, 0.2) is 48.5 Å². The zero-order valence-corrected chi connectivity index (χ0v) is 14.5. The van der Waals surface area contributed by atoms with Crippen molar-refractivity contribution in [2.75, 3.05) is 17.7 Å². The minimum Gasteiger partial charge on any atom is -0.497 e. The van der Waals surface area contributed by atoms with Crippen molar-refractivity contribution in [3.8, 4) is 5.75 Å². The van der Waals surface area contributed by atoms with E-state index in [4.69, 9.17) is 4.74 Å². The highest BCUT2D eigenvalue weighted by atomic mass is 32.1. The summed E-state index contributed by atoms with van der Waals surface area (Å²) in [6.45, 7) is 1.77. The topological polar surface area (TPSA) is 63.2 Å². The Labute approximate surface area is 148 Å². The summed E-state index contributed by atoms with van der Waals surface area (Å²) in [7, 11) is 1.59. The molecule has 5 nitrogen and oxygen atoms in total. The Bertz CT molecular complexity index is 876.